The number of hydrogen-bond acceptors (Lipinski definition) is 3. The zero-order valence-electron chi connectivity index (χ0n) is 10.9. The SMILES string of the molecule is COCCCNC(C)CC1CCCCCN1. The van der Waals surface area contributed by atoms with Crippen molar-refractivity contribution < 1.29 is 4.74 Å². The van der Waals surface area contributed by atoms with E-state index in [0.29, 0.717) is 6.04 Å². The Morgan fingerprint density at radius 3 is 3.06 bits per heavy atom. The average Bonchev–Trinajstić information content (AvgIpc) is 2.53. The van der Waals surface area contributed by atoms with E-state index in [1.165, 1.54) is 38.6 Å². The van der Waals surface area contributed by atoms with Gasteiger partial charge in [-0.1, -0.05) is 12.8 Å². The summed E-state index contributed by atoms with van der Waals surface area (Å²) in [5.41, 5.74) is 0. The van der Waals surface area contributed by atoms with Gasteiger partial charge in [0.1, 0.15) is 0 Å². The highest BCUT2D eigenvalue weighted by Crippen LogP contribution is 2.12. The second kappa shape index (κ2) is 8.97. The summed E-state index contributed by atoms with van der Waals surface area (Å²) in [6.07, 6.45) is 7.87. The number of nitrogens with one attached hydrogen (secondary N) is 2. The molecule has 2 atom stereocenters. The topological polar surface area (TPSA) is 33.3 Å². The number of hydrogen-bond donors (Lipinski definition) is 2. The maximum atomic E-state index is 5.04. The van der Waals surface area contributed by atoms with Crippen molar-refractivity contribution in [3.8, 4) is 0 Å². The van der Waals surface area contributed by atoms with Gasteiger partial charge in [-0.25, -0.2) is 0 Å². The third-order valence-electron chi connectivity index (χ3n) is 3.32. The summed E-state index contributed by atoms with van der Waals surface area (Å²) in [6.45, 7) is 5.43. The van der Waals surface area contributed by atoms with Crippen molar-refractivity contribution in [3.63, 3.8) is 0 Å². The van der Waals surface area contributed by atoms with Crippen LogP contribution in [0.3, 0.4) is 0 Å². The first-order valence-electron chi connectivity index (χ1n) is 6.78. The molecule has 3 nitrogen and oxygen atoms in total. The van der Waals surface area contributed by atoms with E-state index in [4.69, 9.17) is 4.74 Å². The van der Waals surface area contributed by atoms with Crippen LogP contribution in [0.5, 0.6) is 0 Å². The van der Waals surface area contributed by atoms with Gasteiger partial charge in [-0.15, -0.1) is 0 Å². The molecule has 0 spiro atoms. The van der Waals surface area contributed by atoms with E-state index in [1.807, 2.05) is 0 Å². The fraction of sp³-hybridized carbons (Fsp3) is 1.00. The molecule has 96 valence electrons. The van der Waals surface area contributed by atoms with Crippen LogP contribution < -0.4 is 10.6 Å². The van der Waals surface area contributed by atoms with Gasteiger partial charge in [-0.05, 0) is 45.7 Å². The molecule has 0 radical (unpaired) electrons. The van der Waals surface area contributed by atoms with Gasteiger partial charge < -0.3 is 15.4 Å². The molecular formula is C13H28N2O. The molecule has 0 amide bonds. The van der Waals surface area contributed by atoms with Crippen LogP contribution in [0.15, 0.2) is 0 Å². The van der Waals surface area contributed by atoms with Crippen LogP contribution >= 0.6 is 0 Å². The third-order valence-corrected chi connectivity index (χ3v) is 3.32. The van der Waals surface area contributed by atoms with Crippen molar-refractivity contribution in [2.45, 2.75) is 57.5 Å². The van der Waals surface area contributed by atoms with Gasteiger partial charge in [-0.3, -0.25) is 0 Å². The van der Waals surface area contributed by atoms with Crippen LogP contribution in [0.2, 0.25) is 0 Å². The molecule has 1 heterocycles. The molecule has 1 aliphatic heterocycles. The Hall–Kier alpha value is -0.120. The molecule has 16 heavy (non-hydrogen) atoms. The molecule has 1 rings (SSSR count). The predicted octanol–water partition coefficient (Wildman–Crippen LogP) is 1.92. The maximum absolute atomic E-state index is 5.04. The van der Waals surface area contributed by atoms with Crippen molar-refractivity contribution in [1.82, 2.24) is 10.6 Å². The standard InChI is InChI=1S/C13H28N2O/c1-12(14-9-6-10-16-2)11-13-7-4-3-5-8-15-13/h12-15H,3-11H2,1-2H3. The van der Waals surface area contributed by atoms with Gasteiger partial charge in [0, 0.05) is 25.8 Å². The van der Waals surface area contributed by atoms with E-state index in [-0.39, 0.29) is 0 Å². The van der Waals surface area contributed by atoms with Crippen LogP contribution in [-0.2, 0) is 4.74 Å². The molecule has 2 unspecified atom stereocenters. The Balaban J connectivity index is 2.04. The predicted molar refractivity (Wildman–Crippen MR) is 68.8 cm³/mol. The lowest BCUT2D eigenvalue weighted by atomic mass is 10.0. The molecule has 0 aromatic heterocycles. The fourth-order valence-corrected chi connectivity index (χ4v) is 2.38. The molecule has 2 N–H and O–H groups in total. The minimum absolute atomic E-state index is 0.618. The lowest BCUT2D eigenvalue weighted by molar-refractivity contribution is 0.193. The molecule has 1 aliphatic rings. The number of ether oxygens (including phenoxy) is 1. The zero-order valence-corrected chi connectivity index (χ0v) is 10.9. The molecule has 3 heteroatoms. The minimum Gasteiger partial charge on any atom is -0.385 e. The molecule has 0 aromatic rings. The highest BCUT2D eigenvalue weighted by Gasteiger charge is 2.14. The summed E-state index contributed by atoms with van der Waals surface area (Å²) in [5.74, 6) is 0. The van der Waals surface area contributed by atoms with Crippen LogP contribution in [0, 0.1) is 0 Å². The molecule has 1 saturated heterocycles. The van der Waals surface area contributed by atoms with E-state index in [9.17, 15) is 0 Å². The number of rotatable bonds is 7. The Morgan fingerprint density at radius 2 is 2.25 bits per heavy atom. The summed E-state index contributed by atoms with van der Waals surface area (Å²) < 4.78 is 5.04. The summed E-state index contributed by atoms with van der Waals surface area (Å²) >= 11 is 0. The Labute approximate surface area is 100 Å². The van der Waals surface area contributed by atoms with Crippen molar-refractivity contribution in [3.05, 3.63) is 0 Å². The van der Waals surface area contributed by atoms with Crippen LogP contribution in [-0.4, -0.2) is 38.9 Å². The van der Waals surface area contributed by atoms with Crippen LogP contribution in [0.1, 0.15) is 45.4 Å². The van der Waals surface area contributed by atoms with E-state index >= 15 is 0 Å². The first-order chi connectivity index (χ1) is 7.83. The van der Waals surface area contributed by atoms with Crippen molar-refractivity contribution >= 4 is 0 Å². The van der Waals surface area contributed by atoms with Gasteiger partial charge in [0.05, 0.1) is 0 Å². The molecular weight excluding hydrogens is 200 g/mol. The highest BCUT2D eigenvalue weighted by atomic mass is 16.5. The van der Waals surface area contributed by atoms with Gasteiger partial charge in [0.2, 0.25) is 0 Å². The van der Waals surface area contributed by atoms with E-state index in [1.54, 1.807) is 7.11 Å². The first kappa shape index (κ1) is 13.9. The van der Waals surface area contributed by atoms with Crippen molar-refractivity contribution in [2.75, 3.05) is 26.8 Å². The normalized spacial score (nSPS) is 24.0. The lowest BCUT2D eigenvalue weighted by Crippen LogP contribution is -2.37. The van der Waals surface area contributed by atoms with Crippen LogP contribution in [0.4, 0.5) is 0 Å². The molecule has 0 bridgehead atoms. The smallest absolute Gasteiger partial charge is 0.0474 e. The second-order valence-electron chi connectivity index (χ2n) is 4.94. The average molecular weight is 228 g/mol. The monoisotopic (exact) mass is 228 g/mol. The van der Waals surface area contributed by atoms with E-state index < -0.39 is 0 Å². The fourth-order valence-electron chi connectivity index (χ4n) is 2.38. The first-order valence-corrected chi connectivity index (χ1v) is 6.78. The summed E-state index contributed by atoms with van der Waals surface area (Å²) in [6, 6.07) is 1.35. The van der Waals surface area contributed by atoms with Crippen LogP contribution in [0.25, 0.3) is 0 Å². The van der Waals surface area contributed by atoms with E-state index in [0.717, 1.165) is 25.6 Å². The van der Waals surface area contributed by atoms with Gasteiger partial charge in [0.25, 0.3) is 0 Å². The van der Waals surface area contributed by atoms with Gasteiger partial charge in [-0.2, -0.15) is 0 Å². The van der Waals surface area contributed by atoms with E-state index in [2.05, 4.69) is 17.6 Å². The molecule has 0 saturated carbocycles. The summed E-state index contributed by atoms with van der Waals surface area (Å²) in [7, 11) is 1.76. The Kier molecular flexibility index (Phi) is 7.81. The number of methoxy groups -OCH3 is 1. The highest BCUT2D eigenvalue weighted by molar-refractivity contribution is 4.75. The largest absolute Gasteiger partial charge is 0.385 e. The van der Waals surface area contributed by atoms with Gasteiger partial charge in [0.15, 0.2) is 0 Å². The summed E-state index contributed by atoms with van der Waals surface area (Å²) in [5, 5.41) is 7.21. The second-order valence-corrected chi connectivity index (χ2v) is 4.94. The Bertz CT molecular complexity index is 156. The summed E-state index contributed by atoms with van der Waals surface area (Å²) in [4.78, 5) is 0. The molecule has 1 fully saturated rings. The molecule has 0 aliphatic carbocycles. The van der Waals surface area contributed by atoms with Crippen molar-refractivity contribution in [2.24, 2.45) is 0 Å². The Morgan fingerprint density at radius 1 is 1.38 bits per heavy atom. The lowest BCUT2D eigenvalue weighted by Gasteiger charge is -2.21. The third kappa shape index (κ3) is 6.46. The van der Waals surface area contributed by atoms with Gasteiger partial charge >= 0.3 is 0 Å². The molecule has 0 aromatic carbocycles. The minimum atomic E-state index is 0.618. The zero-order chi connectivity index (χ0) is 11.6. The van der Waals surface area contributed by atoms with Crippen molar-refractivity contribution in [1.29, 1.82) is 0 Å². The quantitative estimate of drug-likeness (QED) is 0.653. The maximum Gasteiger partial charge on any atom is 0.0474 e.